The van der Waals surface area contributed by atoms with Crippen molar-refractivity contribution in [3.8, 4) is 0 Å². The van der Waals surface area contributed by atoms with Crippen molar-refractivity contribution in [2.45, 2.75) is 26.7 Å². The summed E-state index contributed by atoms with van der Waals surface area (Å²) in [6.45, 7) is 6.57. The standard InChI is InChI=1S/C12H22N4O/c1-4-7-17-8-5-6-14-11-9-10(2)15-12(13-3)16-11/h9H,4-8H2,1-3H3,(H2,13,14,15,16). The maximum absolute atomic E-state index is 5.40. The van der Waals surface area contributed by atoms with E-state index in [9.17, 15) is 0 Å². The van der Waals surface area contributed by atoms with Crippen LogP contribution in [0.3, 0.4) is 0 Å². The van der Waals surface area contributed by atoms with Crippen LogP contribution in [0.25, 0.3) is 0 Å². The van der Waals surface area contributed by atoms with E-state index in [1.165, 1.54) is 0 Å². The number of ether oxygens (including phenoxy) is 1. The minimum absolute atomic E-state index is 0.648. The van der Waals surface area contributed by atoms with Gasteiger partial charge in [-0.05, 0) is 19.8 Å². The number of rotatable bonds is 8. The summed E-state index contributed by atoms with van der Waals surface area (Å²) >= 11 is 0. The number of nitrogens with one attached hydrogen (secondary N) is 2. The molecule has 0 spiro atoms. The van der Waals surface area contributed by atoms with Gasteiger partial charge in [0.2, 0.25) is 5.95 Å². The van der Waals surface area contributed by atoms with Crippen LogP contribution in [0.4, 0.5) is 11.8 Å². The Balaban J connectivity index is 2.28. The van der Waals surface area contributed by atoms with Gasteiger partial charge in [-0.1, -0.05) is 6.92 Å². The van der Waals surface area contributed by atoms with Crippen molar-refractivity contribution < 1.29 is 4.74 Å². The average molecular weight is 238 g/mol. The van der Waals surface area contributed by atoms with Gasteiger partial charge in [0.15, 0.2) is 0 Å². The van der Waals surface area contributed by atoms with Crippen LogP contribution in [0, 0.1) is 6.92 Å². The predicted molar refractivity (Wildman–Crippen MR) is 70.5 cm³/mol. The molecule has 1 aromatic rings. The van der Waals surface area contributed by atoms with E-state index < -0.39 is 0 Å². The third-order valence-corrected chi connectivity index (χ3v) is 2.20. The van der Waals surface area contributed by atoms with Crippen LogP contribution in [0.5, 0.6) is 0 Å². The summed E-state index contributed by atoms with van der Waals surface area (Å²) in [4.78, 5) is 8.55. The first-order valence-corrected chi connectivity index (χ1v) is 6.11. The lowest BCUT2D eigenvalue weighted by Crippen LogP contribution is -2.09. The summed E-state index contributed by atoms with van der Waals surface area (Å²) in [5.74, 6) is 1.51. The molecule has 0 aliphatic heterocycles. The zero-order valence-corrected chi connectivity index (χ0v) is 10.9. The second-order valence-electron chi connectivity index (χ2n) is 3.86. The van der Waals surface area contributed by atoms with E-state index >= 15 is 0 Å². The van der Waals surface area contributed by atoms with Gasteiger partial charge in [0.25, 0.3) is 0 Å². The molecule has 0 atom stereocenters. The zero-order valence-electron chi connectivity index (χ0n) is 10.9. The summed E-state index contributed by atoms with van der Waals surface area (Å²) in [6.07, 6.45) is 2.06. The lowest BCUT2D eigenvalue weighted by Gasteiger charge is -2.08. The SMILES string of the molecule is CCCOCCCNc1cc(C)nc(NC)n1. The van der Waals surface area contributed by atoms with Crippen LogP contribution in [-0.4, -0.2) is 36.8 Å². The molecule has 0 aromatic carbocycles. The molecule has 1 rings (SSSR count). The fourth-order valence-electron chi connectivity index (χ4n) is 1.41. The van der Waals surface area contributed by atoms with Crippen LogP contribution in [-0.2, 0) is 4.74 Å². The fraction of sp³-hybridized carbons (Fsp3) is 0.667. The molecule has 0 amide bonds. The number of hydrogen-bond acceptors (Lipinski definition) is 5. The minimum atomic E-state index is 0.648. The van der Waals surface area contributed by atoms with Gasteiger partial charge in [0, 0.05) is 38.6 Å². The zero-order chi connectivity index (χ0) is 12.5. The highest BCUT2D eigenvalue weighted by atomic mass is 16.5. The highest BCUT2D eigenvalue weighted by molar-refractivity contribution is 5.41. The molecule has 0 saturated carbocycles. The number of hydrogen-bond donors (Lipinski definition) is 2. The molecular weight excluding hydrogens is 216 g/mol. The monoisotopic (exact) mass is 238 g/mol. The molecule has 5 heteroatoms. The minimum Gasteiger partial charge on any atom is -0.381 e. The first-order chi connectivity index (χ1) is 8.26. The maximum atomic E-state index is 5.40. The second-order valence-corrected chi connectivity index (χ2v) is 3.86. The van der Waals surface area contributed by atoms with Gasteiger partial charge < -0.3 is 15.4 Å². The normalized spacial score (nSPS) is 10.3. The Hall–Kier alpha value is -1.36. The molecule has 0 radical (unpaired) electrons. The molecule has 0 unspecified atom stereocenters. The Morgan fingerprint density at radius 1 is 1.29 bits per heavy atom. The van der Waals surface area contributed by atoms with Crippen LogP contribution < -0.4 is 10.6 Å². The second kappa shape index (κ2) is 7.84. The van der Waals surface area contributed by atoms with E-state index in [1.54, 1.807) is 0 Å². The van der Waals surface area contributed by atoms with E-state index in [-0.39, 0.29) is 0 Å². The van der Waals surface area contributed by atoms with Crippen LogP contribution in [0.15, 0.2) is 6.07 Å². The van der Waals surface area contributed by atoms with Gasteiger partial charge in [-0.25, -0.2) is 4.98 Å². The molecule has 17 heavy (non-hydrogen) atoms. The first-order valence-electron chi connectivity index (χ1n) is 6.11. The fourth-order valence-corrected chi connectivity index (χ4v) is 1.41. The van der Waals surface area contributed by atoms with E-state index in [4.69, 9.17) is 4.74 Å². The van der Waals surface area contributed by atoms with E-state index in [1.807, 2.05) is 20.0 Å². The number of nitrogens with zero attached hydrogens (tertiary/aromatic N) is 2. The maximum Gasteiger partial charge on any atom is 0.224 e. The largest absolute Gasteiger partial charge is 0.381 e. The van der Waals surface area contributed by atoms with E-state index in [0.717, 1.165) is 44.1 Å². The van der Waals surface area contributed by atoms with Gasteiger partial charge in [-0.3, -0.25) is 0 Å². The van der Waals surface area contributed by atoms with Crippen molar-refractivity contribution in [1.82, 2.24) is 9.97 Å². The van der Waals surface area contributed by atoms with Crippen molar-refractivity contribution in [3.05, 3.63) is 11.8 Å². The summed E-state index contributed by atoms with van der Waals surface area (Å²) in [5.41, 5.74) is 0.953. The van der Waals surface area contributed by atoms with Crippen molar-refractivity contribution in [2.24, 2.45) is 0 Å². The molecule has 0 aliphatic rings. The smallest absolute Gasteiger partial charge is 0.224 e. The molecule has 2 N–H and O–H groups in total. The Bertz CT molecular complexity index is 330. The van der Waals surface area contributed by atoms with Gasteiger partial charge in [-0.15, -0.1) is 0 Å². The lowest BCUT2D eigenvalue weighted by molar-refractivity contribution is 0.134. The molecule has 0 saturated heterocycles. The van der Waals surface area contributed by atoms with E-state index in [2.05, 4.69) is 27.5 Å². The number of anilines is 2. The van der Waals surface area contributed by atoms with Gasteiger partial charge in [-0.2, -0.15) is 4.98 Å². The third kappa shape index (κ3) is 5.49. The average Bonchev–Trinajstić information content (AvgIpc) is 2.33. The topological polar surface area (TPSA) is 59.1 Å². The molecular formula is C12H22N4O. The quantitative estimate of drug-likeness (QED) is 0.679. The lowest BCUT2D eigenvalue weighted by atomic mass is 10.4. The summed E-state index contributed by atoms with van der Waals surface area (Å²) in [7, 11) is 1.82. The number of aryl methyl sites for hydroxylation is 1. The molecule has 0 aliphatic carbocycles. The Morgan fingerprint density at radius 3 is 2.82 bits per heavy atom. The Kier molecular flexibility index (Phi) is 6.32. The highest BCUT2D eigenvalue weighted by Crippen LogP contribution is 2.08. The van der Waals surface area contributed by atoms with Gasteiger partial charge in [0.1, 0.15) is 5.82 Å². The van der Waals surface area contributed by atoms with Crippen LogP contribution in [0.2, 0.25) is 0 Å². The molecule has 1 aromatic heterocycles. The van der Waals surface area contributed by atoms with Crippen LogP contribution >= 0.6 is 0 Å². The van der Waals surface area contributed by atoms with Crippen molar-refractivity contribution >= 4 is 11.8 Å². The van der Waals surface area contributed by atoms with Crippen molar-refractivity contribution in [3.63, 3.8) is 0 Å². The van der Waals surface area contributed by atoms with Crippen molar-refractivity contribution in [1.29, 1.82) is 0 Å². The predicted octanol–water partition coefficient (Wildman–Crippen LogP) is 2.06. The molecule has 0 fully saturated rings. The van der Waals surface area contributed by atoms with Crippen molar-refractivity contribution in [2.75, 3.05) is 37.4 Å². The van der Waals surface area contributed by atoms with Gasteiger partial charge in [0.05, 0.1) is 0 Å². The summed E-state index contributed by atoms with van der Waals surface area (Å²) in [6, 6.07) is 1.94. The van der Waals surface area contributed by atoms with Crippen LogP contribution in [0.1, 0.15) is 25.5 Å². The summed E-state index contributed by atoms with van der Waals surface area (Å²) in [5, 5.41) is 6.21. The molecule has 5 nitrogen and oxygen atoms in total. The first kappa shape index (κ1) is 13.7. The molecule has 0 bridgehead atoms. The third-order valence-electron chi connectivity index (χ3n) is 2.20. The highest BCUT2D eigenvalue weighted by Gasteiger charge is 1.99. The molecule has 1 heterocycles. The van der Waals surface area contributed by atoms with E-state index in [0.29, 0.717) is 5.95 Å². The number of aromatic nitrogens is 2. The summed E-state index contributed by atoms with van der Waals surface area (Å²) < 4.78 is 5.40. The van der Waals surface area contributed by atoms with Gasteiger partial charge >= 0.3 is 0 Å². The Labute approximate surface area is 103 Å². The Morgan fingerprint density at radius 2 is 2.12 bits per heavy atom. The molecule has 96 valence electrons.